The molecule has 0 aliphatic carbocycles. The first-order valence-electron chi connectivity index (χ1n) is 12.6. The van der Waals surface area contributed by atoms with E-state index >= 15 is 0 Å². The number of furan rings is 1. The van der Waals surface area contributed by atoms with Crippen molar-refractivity contribution in [1.29, 1.82) is 5.26 Å². The molecule has 5 rings (SSSR count). The number of hydrogen-bond acceptors (Lipinski definition) is 6. The van der Waals surface area contributed by atoms with E-state index in [1.807, 2.05) is 78.9 Å². The van der Waals surface area contributed by atoms with Crippen molar-refractivity contribution in [2.45, 2.75) is 6.61 Å². The quantitative estimate of drug-likeness (QED) is 0.186. The highest BCUT2D eigenvalue weighted by Gasteiger charge is 2.25. The molecular weight excluding hydrogens is 540 g/mol. The topological polar surface area (TPSA) is 102 Å². The van der Waals surface area contributed by atoms with Crippen molar-refractivity contribution in [3.05, 3.63) is 131 Å². The van der Waals surface area contributed by atoms with Gasteiger partial charge in [0.15, 0.2) is 6.61 Å². The van der Waals surface area contributed by atoms with Gasteiger partial charge in [-0.25, -0.2) is 4.79 Å². The van der Waals surface area contributed by atoms with Gasteiger partial charge in [-0.1, -0.05) is 103 Å². The lowest BCUT2D eigenvalue weighted by molar-refractivity contribution is -0.119. The molecule has 8 heteroatoms. The molecule has 1 aromatic heterocycles. The first-order chi connectivity index (χ1) is 20.0. The summed E-state index contributed by atoms with van der Waals surface area (Å²) in [7, 11) is 0. The minimum absolute atomic E-state index is 0.0327. The van der Waals surface area contributed by atoms with E-state index in [4.69, 9.17) is 25.5 Å². The van der Waals surface area contributed by atoms with Crippen molar-refractivity contribution in [3.63, 3.8) is 0 Å². The maximum atomic E-state index is 12.9. The summed E-state index contributed by atoms with van der Waals surface area (Å²) in [5.41, 5.74) is 3.12. The average Bonchev–Trinajstić information content (AvgIpc) is 3.38. The second-order valence-corrected chi connectivity index (χ2v) is 9.26. The summed E-state index contributed by atoms with van der Waals surface area (Å²) in [6, 6.07) is 34.5. The normalized spacial score (nSPS) is 10.4. The van der Waals surface area contributed by atoms with Crippen LogP contribution in [0, 0.1) is 11.3 Å². The van der Waals surface area contributed by atoms with Gasteiger partial charge in [0, 0.05) is 21.7 Å². The van der Waals surface area contributed by atoms with Crippen LogP contribution in [0.4, 0.5) is 5.88 Å². The molecule has 5 aromatic rings. The molecule has 0 saturated heterocycles. The number of benzene rings is 4. The molecule has 0 spiro atoms. The van der Waals surface area contributed by atoms with Crippen molar-refractivity contribution in [1.82, 2.24) is 0 Å². The van der Waals surface area contributed by atoms with Gasteiger partial charge in [-0.15, -0.1) is 0 Å². The molecule has 1 N–H and O–H groups in total. The van der Waals surface area contributed by atoms with Gasteiger partial charge in [-0.3, -0.25) is 10.1 Å². The van der Waals surface area contributed by atoms with Gasteiger partial charge in [0.1, 0.15) is 35.3 Å². The molecule has 0 bridgehead atoms. The molecule has 1 amide bonds. The number of rotatable bonds is 9. The van der Waals surface area contributed by atoms with Crippen LogP contribution in [0.1, 0.15) is 21.5 Å². The molecule has 0 aliphatic heterocycles. The number of anilines is 1. The molecule has 0 saturated carbocycles. The van der Waals surface area contributed by atoms with Gasteiger partial charge >= 0.3 is 5.97 Å². The third-order valence-electron chi connectivity index (χ3n) is 6.15. The van der Waals surface area contributed by atoms with E-state index in [2.05, 4.69) is 11.4 Å². The maximum Gasteiger partial charge on any atom is 0.342 e. The van der Waals surface area contributed by atoms with E-state index < -0.39 is 18.5 Å². The Bertz CT molecular complexity index is 1730. The number of nitrogens with zero attached hydrogens (tertiary/aromatic N) is 1. The maximum absolute atomic E-state index is 12.9. The highest BCUT2D eigenvalue weighted by atomic mass is 35.5. The summed E-state index contributed by atoms with van der Waals surface area (Å²) in [5.74, 6) is -0.724. The number of amides is 1. The molecule has 0 fully saturated rings. The number of esters is 1. The van der Waals surface area contributed by atoms with E-state index in [0.717, 1.165) is 16.7 Å². The highest BCUT2D eigenvalue weighted by molar-refractivity contribution is 6.31. The van der Waals surface area contributed by atoms with Gasteiger partial charge in [-0.05, 0) is 23.8 Å². The zero-order chi connectivity index (χ0) is 28.6. The van der Waals surface area contributed by atoms with Crippen LogP contribution in [-0.4, -0.2) is 18.5 Å². The fourth-order valence-corrected chi connectivity index (χ4v) is 4.39. The van der Waals surface area contributed by atoms with E-state index in [1.165, 1.54) is 0 Å². The van der Waals surface area contributed by atoms with Gasteiger partial charge in [0.2, 0.25) is 5.88 Å². The molecule has 41 heavy (non-hydrogen) atoms. The molecule has 7 nitrogen and oxygen atoms in total. The number of halogens is 1. The molecule has 0 radical (unpaired) electrons. The molecule has 0 atom stereocenters. The van der Waals surface area contributed by atoms with Crippen molar-refractivity contribution < 1.29 is 23.5 Å². The third-order valence-corrected chi connectivity index (χ3v) is 6.52. The summed E-state index contributed by atoms with van der Waals surface area (Å²) >= 11 is 6.20. The predicted octanol–water partition coefficient (Wildman–Crippen LogP) is 7.51. The second kappa shape index (κ2) is 12.7. The average molecular weight is 563 g/mol. The van der Waals surface area contributed by atoms with Crippen LogP contribution in [-0.2, 0) is 16.1 Å². The number of carbonyl (C=O) groups excluding carboxylic acids is 2. The lowest BCUT2D eigenvalue weighted by atomic mass is 9.98. The summed E-state index contributed by atoms with van der Waals surface area (Å²) in [5, 5.41) is 13.1. The zero-order valence-corrected chi connectivity index (χ0v) is 22.4. The fourth-order valence-electron chi connectivity index (χ4n) is 4.20. The Morgan fingerprint density at radius 2 is 1.46 bits per heavy atom. The van der Waals surface area contributed by atoms with E-state index in [9.17, 15) is 14.9 Å². The Labute approximate surface area is 241 Å². The Morgan fingerprint density at radius 3 is 2.17 bits per heavy atom. The number of nitrogens with one attached hydrogen (secondary N) is 1. The van der Waals surface area contributed by atoms with Crippen LogP contribution in [0.3, 0.4) is 0 Å². The Kier molecular flexibility index (Phi) is 8.43. The van der Waals surface area contributed by atoms with Gasteiger partial charge in [-0.2, -0.15) is 5.26 Å². The third kappa shape index (κ3) is 6.30. The monoisotopic (exact) mass is 562 g/mol. The minimum atomic E-state index is -0.746. The van der Waals surface area contributed by atoms with Crippen LogP contribution in [0.2, 0.25) is 5.02 Å². The van der Waals surface area contributed by atoms with Crippen LogP contribution in [0.25, 0.3) is 22.5 Å². The fraction of sp³-hybridized carbons (Fsp3) is 0.0606. The largest absolute Gasteiger partial charge is 0.488 e. The summed E-state index contributed by atoms with van der Waals surface area (Å²) < 4.78 is 17.1. The van der Waals surface area contributed by atoms with Crippen LogP contribution >= 0.6 is 11.6 Å². The van der Waals surface area contributed by atoms with E-state index in [1.54, 1.807) is 30.3 Å². The SMILES string of the molecule is N#Cc1c(NC(=O)COC(=O)c2ccccc2OCc2ccccc2Cl)oc(-c2ccccc2)c1-c1ccccc1. The lowest BCUT2D eigenvalue weighted by Crippen LogP contribution is -2.21. The van der Waals surface area contributed by atoms with Crippen molar-refractivity contribution in [2.75, 3.05) is 11.9 Å². The van der Waals surface area contributed by atoms with E-state index in [0.29, 0.717) is 16.3 Å². The van der Waals surface area contributed by atoms with Gasteiger partial charge < -0.3 is 13.9 Å². The summed E-state index contributed by atoms with van der Waals surface area (Å²) in [6.07, 6.45) is 0. The number of carbonyl (C=O) groups is 2. The zero-order valence-electron chi connectivity index (χ0n) is 21.7. The number of hydrogen-bond donors (Lipinski definition) is 1. The molecule has 202 valence electrons. The summed E-state index contributed by atoms with van der Waals surface area (Å²) in [4.78, 5) is 25.7. The summed E-state index contributed by atoms with van der Waals surface area (Å²) in [6.45, 7) is -0.460. The van der Waals surface area contributed by atoms with Crippen LogP contribution in [0.15, 0.2) is 114 Å². The molecule has 4 aromatic carbocycles. The van der Waals surface area contributed by atoms with Crippen LogP contribution in [0.5, 0.6) is 5.75 Å². The smallest absolute Gasteiger partial charge is 0.342 e. The lowest BCUT2D eigenvalue weighted by Gasteiger charge is -2.12. The predicted molar refractivity (Wildman–Crippen MR) is 155 cm³/mol. The highest BCUT2D eigenvalue weighted by Crippen LogP contribution is 2.41. The first-order valence-corrected chi connectivity index (χ1v) is 13.0. The number of nitriles is 1. The van der Waals surface area contributed by atoms with Crippen molar-refractivity contribution in [2.24, 2.45) is 0 Å². The van der Waals surface area contributed by atoms with Crippen molar-refractivity contribution in [3.8, 4) is 34.3 Å². The molecular formula is C33H23ClN2O5. The number of para-hydroxylation sites is 1. The molecule has 1 heterocycles. The Balaban J connectivity index is 1.31. The minimum Gasteiger partial charge on any atom is -0.488 e. The first kappa shape index (κ1) is 27.3. The van der Waals surface area contributed by atoms with Crippen molar-refractivity contribution >= 4 is 29.4 Å². The Hall–Kier alpha value is -5.32. The standard InChI is InChI=1S/C33H23ClN2O5/c34-27-17-9-7-15-24(27)20-39-28-18-10-8-16-25(28)33(38)40-21-29(37)36-32-26(19-35)30(22-11-3-1-4-12-22)31(41-32)23-13-5-2-6-14-23/h1-18H,20-21H2,(H,36,37). The van der Waals surface area contributed by atoms with Gasteiger partial charge in [0.25, 0.3) is 5.91 Å². The Morgan fingerprint density at radius 1 is 0.829 bits per heavy atom. The van der Waals surface area contributed by atoms with Crippen LogP contribution < -0.4 is 10.1 Å². The molecule has 0 unspecified atom stereocenters. The molecule has 0 aliphatic rings. The number of ether oxygens (including phenoxy) is 2. The van der Waals surface area contributed by atoms with Gasteiger partial charge in [0.05, 0.1) is 0 Å². The van der Waals surface area contributed by atoms with E-state index in [-0.39, 0.29) is 29.4 Å². The second-order valence-electron chi connectivity index (χ2n) is 8.85.